The van der Waals surface area contributed by atoms with E-state index in [2.05, 4.69) is 15.9 Å². The fourth-order valence-corrected chi connectivity index (χ4v) is 3.19. The van der Waals surface area contributed by atoms with Crippen LogP contribution in [0.4, 0.5) is 0 Å². The predicted octanol–water partition coefficient (Wildman–Crippen LogP) is 5.35. The molecule has 20 heavy (non-hydrogen) atoms. The Labute approximate surface area is 134 Å². The smallest absolute Gasteiger partial charge is 0.328 e. The number of carboxylic acids is 1. The van der Waals surface area contributed by atoms with Crippen LogP contribution in [0.3, 0.4) is 0 Å². The predicted molar refractivity (Wildman–Crippen MR) is 86.4 cm³/mol. The van der Waals surface area contributed by atoms with E-state index in [1.165, 1.54) is 6.08 Å². The zero-order valence-corrected chi connectivity index (χ0v) is 13.4. The molecule has 5 heteroatoms. The lowest BCUT2D eigenvalue weighted by molar-refractivity contribution is -0.131. The summed E-state index contributed by atoms with van der Waals surface area (Å²) in [6.45, 7) is 0. The highest BCUT2D eigenvalue weighted by atomic mass is 79.9. The van der Waals surface area contributed by atoms with E-state index in [1.807, 2.05) is 36.4 Å². The fraction of sp³-hybridized carbons (Fsp3) is 0. The van der Waals surface area contributed by atoms with E-state index in [0.29, 0.717) is 5.02 Å². The van der Waals surface area contributed by atoms with E-state index in [9.17, 15) is 4.79 Å². The first-order valence-electron chi connectivity index (χ1n) is 5.69. The molecule has 0 aliphatic heterocycles. The first kappa shape index (κ1) is 15.2. The highest BCUT2D eigenvalue weighted by Crippen LogP contribution is 2.37. The quantitative estimate of drug-likeness (QED) is 0.738. The monoisotopic (exact) mass is 368 g/mol. The number of benzene rings is 2. The molecule has 0 radical (unpaired) electrons. The molecule has 0 bridgehead atoms. The molecule has 0 amide bonds. The molecule has 0 unspecified atom stereocenters. The summed E-state index contributed by atoms with van der Waals surface area (Å²) in [7, 11) is 0. The van der Waals surface area contributed by atoms with Crippen LogP contribution in [0.2, 0.25) is 5.02 Å². The van der Waals surface area contributed by atoms with Gasteiger partial charge < -0.3 is 5.11 Å². The maximum absolute atomic E-state index is 10.5. The second kappa shape index (κ2) is 6.97. The summed E-state index contributed by atoms with van der Waals surface area (Å²) in [5.41, 5.74) is 0.758. The van der Waals surface area contributed by atoms with E-state index in [-0.39, 0.29) is 0 Å². The molecule has 1 N–H and O–H groups in total. The molecule has 0 fully saturated rings. The van der Waals surface area contributed by atoms with Gasteiger partial charge in [0.05, 0.1) is 5.02 Å². The zero-order valence-electron chi connectivity index (χ0n) is 10.2. The normalized spacial score (nSPS) is 10.9. The van der Waals surface area contributed by atoms with Gasteiger partial charge in [0.15, 0.2) is 0 Å². The van der Waals surface area contributed by atoms with Crippen molar-refractivity contribution in [2.45, 2.75) is 9.79 Å². The third-order valence-electron chi connectivity index (χ3n) is 2.43. The number of hydrogen-bond donors (Lipinski definition) is 1. The van der Waals surface area contributed by atoms with E-state index in [1.54, 1.807) is 17.8 Å². The molecule has 0 aromatic heterocycles. The molecule has 0 aliphatic rings. The Kier molecular flexibility index (Phi) is 5.29. The topological polar surface area (TPSA) is 37.3 Å². The van der Waals surface area contributed by atoms with Gasteiger partial charge in [-0.1, -0.05) is 41.6 Å². The number of rotatable bonds is 4. The molecule has 2 nitrogen and oxygen atoms in total. The summed E-state index contributed by atoms with van der Waals surface area (Å²) in [5.74, 6) is -0.979. The molecule has 0 aliphatic carbocycles. The van der Waals surface area contributed by atoms with Gasteiger partial charge in [0.2, 0.25) is 0 Å². The lowest BCUT2D eigenvalue weighted by Crippen LogP contribution is -1.86. The number of carbonyl (C=O) groups is 1. The summed E-state index contributed by atoms with van der Waals surface area (Å²) in [5, 5.41) is 9.19. The third-order valence-corrected chi connectivity index (χ3v) is 4.96. The average Bonchev–Trinajstić information content (AvgIpc) is 2.41. The second-order valence-electron chi connectivity index (χ2n) is 3.89. The Balaban J connectivity index is 2.22. The molecule has 0 spiro atoms. The highest BCUT2D eigenvalue weighted by molar-refractivity contribution is 9.10. The van der Waals surface area contributed by atoms with Gasteiger partial charge >= 0.3 is 5.97 Å². The maximum Gasteiger partial charge on any atom is 0.328 e. The van der Waals surface area contributed by atoms with Crippen LogP contribution in [-0.4, -0.2) is 11.1 Å². The van der Waals surface area contributed by atoms with Crippen molar-refractivity contribution in [3.05, 3.63) is 63.6 Å². The summed E-state index contributed by atoms with van der Waals surface area (Å²) in [6.07, 6.45) is 2.60. The molecule has 2 rings (SSSR count). The first-order valence-corrected chi connectivity index (χ1v) is 7.68. The maximum atomic E-state index is 10.5. The van der Waals surface area contributed by atoms with Gasteiger partial charge in [-0.2, -0.15) is 0 Å². The molecule has 2 aromatic rings. The second-order valence-corrected chi connectivity index (χ2v) is 6.24. The Bertz CT molecular complexity index is 671. The average molecular weight is 370 g/mol. The van der Waals surface area contributed by atoms with Crippen LogP contribution >= 0.6 is 39.3 Å². The lowest BCUT2D eigenvalue weighted by Gasteiger charge is -2.06. The number of aliphatic carboxylic acids is 1. The van der Waals surface area contributed by atoms with E-state index in [4.69, 9.17) is 16.7 Å². The first-order chi connectivity index (χ1) is 9.56. The molecular formula is C15H10BrClO2S. The third kappa shape index (κ3) is 4.13. The van der Waals surface area contributed by atoms with Gasteiger partial charge in [-0.05, 0) is 51.8 Å². The van der Waals surface area contributed by atoms with Crippen molar-refractivity contribution in [2.75, 3.05) is 0 Å². The molecule has 0 saturated carbocycles. The summed E-state index contributed by atoms with van der Waals surface area (Å²) in [6, 6.07) is 13.4. The summed E-state index contributed by atoms with van der Waals surface area (Å²) < 4.78 is 1.01. The Hall–Kier alpha value is -1.23. The SMILES string of the molecule is O=C(O)/C=C/c1ccc(Sc2ccccc2Br)c(Cl)c1. The van der Waals surface area contributed by atoms with Crippen molar-refractivity contribution < 1.29 is 9.90 Å². The molecule has 0 heterocycles. The number of carboxylic acid groups (broad SMARTS) is 1. The highest BCUT2D eigenvalue weighted by Gasteiger charge is 2.06. The minimum Gasteiger partial charge on any atom is -0.478 e. The van der Waals surface area contributed by atoms with Crippen LogP contribution in [0.5, 0.6) is 0 Å². The van der Waals surface area contributed by atoms with E-state index >= 15 is 0 Å². The van der Waals surface area contributed by atoms with Gasteiger partial charge in [0.25, 0.3) is 0 Å². The van der Waals surface area contributed by atoms with Crippen molar-refractivity contribution in [3.8, 4) is 0 Å². The van der Waals surface area contributed by atoms with Crippen molar-refractivity contribution in [2.24, 2.45) is 0 Å². The van der Waals surface area contributed by atoms with E-state index < -0.39 is 5.97 Å². The molecular weight excluding hydrogens is 360 g/mol. The lowest BCUT2D eigenvalue weighted by atomic mass is 10.2. The minimum absolute atomic E-state index is 0.596. The van der Waals surface area contributed by atoms with Crippen LogP contribution in [0, 0.1) is 0 Å². The standard InChI is InChI=1S/C15H10BrClO2S/c16-11-3-1-2-4-13(11)20-14-7-5-10(9-12(14)17)6-8-15(18)19/h1-9H,(H,18,19)/b8-6+. The van der Waals surface area contributed by atoms with Crippen molar-refractivity contribution >= 4 is 51.3 Å². The Morgan fingerprint density at radius 2 is 1.95 bits per heavy atom. The van der Waals surface area contributed by atoms with Crippen molar-refractivity contribution in [3.63, 3.8) is 0 Å². The summed E-state index contributed by atoms with van der Waals surface area (Å²) in [4.78, 5) is 12.5. The van der Waals surface area contributed by atoms with Crippen molar-refractivity contribution in [1.82, 2.24) is 0 Å². The summed E-state index contributed by atoms with van der Waals surface area (Å²) >= 11 is 11.3. The van der Waals surface area contributed by atoms with Gasteiger partial charge in [0, 0.05) is 20.3 Å². The van der Waals surface area contributed by atoms with Gasteiger partial charge in [-0.3, -0.25) is 0 Å². The molecule has 102 valence electrons. The Morgan fingerprint density at radius 1 is 1.20 bits per heavy atom. The number of halogens is 2. The fourth-order valence-electron chi connectivity index (χ4n) is 1.52. The van der Waals surface area contributed by atoms with Crippen molar-refractivity contribution in [1.29, 1.82) is 0 Å². The zero-order chi connectivity index (χ0) is 14.5. The van der Waals surface area contributed by atoms with Crippen LogP contribution in [0.25, 0.3) is 6.08 Å². The molecule has 0 atom stereocenters. The van der Waals surface area contributed by atoms with Crippen LogP contribution in [0.15, 0.2) is 62.8 Å². The number of hydrogen-bond acceptors (Lipinski definition) is 2. The molecule has 0 saturated heterocycles. The van der Waals surface area contributed by atoms with Crippen LogP contribution in [-0.2, 0) is 4.79 Å². The largest absolute Gasteiger partial charge is 0.478 e. The molecule has 2 aromatic carbocycles. The Morgan fingerprint density at radius 3 is 2.60 bits per heavy atom. The van der Waals surface area contributed by atoms with Gasteiger partial charge in [-0.25, -0.2) is 4.79 Å². The van der Waals surface area contributed by atoms with Crippen LogP contribution < -0.4 is 0 Å². The van der Waals surface area contributed by atoms with Crippen LogP contribution in [0.1, 0.15) is 5.56 Å². The minimum atomic E-state index is -0.979. The van der Waals surface area contributed by atoms with Gasteiger partial charge in [0.1, 0.15) is 0 Å². The van der Waals surface area contributed by atoms with Gasteiger partial charge in [-0.15, -0.1) is 0 Å². The van der Waals surface area contributed by atoms with E-state index in [0.717, 1.165) is 25.9 Å².